The van der Waals surface area contributed by atoms with Gasteiger partial charge in [0.25, 0.3) is 0 Å². The molecule has 0 bridgehead atoms. The predicted molar refractivity (Wildman–Crippen MR) is 115 cm³/mol. The summed E-state index contributed by atoms with van der Waals surface area (Å²) in [5, 5.41) is 32.5. The minimum absolute atomic E-state index is 0.0159. The Morgan fingerprint density at radius 2 is 1.56 bits per heavy atom. The van der Waals surface area contributed by atoms with Crippen molar-refractivity contribution in [3.8, 4) is 11.1 Å². The van der Waals surface area contributed by atoms with Crippen LogP contribution in [-0.4, -0.2) is 64.7 Å². The van der Waals surface area contributed by atoms with Gasteiger partial charge in [0.2, 0.25) is 5.91 Å². The van der Waals surface area contributed by atoms with E-state index in [1.54, 1.807) is 0 Å². The number of nitrogens with one attached hydrogen (secondary N) is 2. The van der Waals surface area contributed by atoms with E-state index in [1.165, 1.54) is 6.92 Å². The van der Waals surface area contributed by atoms with Gasteiger partial charge in [-0.15, -0.1) is 0 Å². The highest BCUT2D eigenvalue weighted by atomic mass is 16.5. The quantitative estimate of drug-likeness (QED) is 0.393. The molecule has 2 aromatic rings. The molecule has 0 fully saturated rings. The lowest BCUT2D eigenvalue weighted by Crippen LogP contribution is -2.50. The summed E-state index contributed by atoms with van der Waals surface area (Å²) in [7, 11) is 0. The van der Waals surface area contributed by atoms with Crippen LogP contribution in [0.4, 0.5) is 4.79 Å². The number of fused-ring (bicyclic) bond motifs is 3. The van der Waals surface area contributed by atoms with Gasteiger partial charge in [-0.3, -0.25) is 9.59 Å². The first-order chi connectivity index (χ1) is 15.3. The molecule has 1 aliphatic rings. The third-order valence-electron chi connectivity index (χ3n) is 5.37. The molecular formula is C23H26N2O7. The number of carboxylic acid groups (broad SMARTS) is 1. The van der Waals surface area contributed by atoms with Crippen molar-refractivity contribution in [3.05, 3.63) is 59.7 Å². The van der Waals surface area contributed by atoms with Gasteiger partial charge >= 0.3 is 12.1 Å². The number of benzene rings is 2. The highest BCUT2D eigenvalue weighted by Crippen LogP contribution is 2.44. The number of hydrogen-bond donors (Lipinski definition) is 5. The number of carbonyl (C=O) groups is 3. The largest absolute Gasteiger partial charge is 0.481 e. The van der Waals surface area contributed by atoms with E-state index in [0.29, 0.717) is 0 Å². The third-order valence-corrected chi connectivity index (χ3v) is 5.37. The van der Waals surface area contributed by atoms with Gasteiger partial charge in [0.1, 0.15) is 12.6 Å². The number of amides is 2. The summed E-state index contributed by atoms with van der Waals surface area (Å²) in [6, 6.07) is 14.2. The molecule has 0 heterocycles. The Balaban J connectivity index is 1.63. The molecule has 0 saturated heterocycles. The molecule has 2 aromatic carbocycles. The summed E-state index contributed by atoms with van der Waals surface area (Å²) in [5.74, 6) is -2.28. The second-order valence-corrected chi connectivity index (χ2v) is 7.67. The molecule has 3 rings (SSSR count). The van der Waals surface area contributed by atoms with Gasteiger partial charge in [-0.25, -0.2) is 4.79 Å². The Bertz CT molecular complexity index is 946. The number of alkyl carbamates (subject to hydrolysis) is 1. The first-order valence-electron chi connectivity index (χ1n) is 10.2. The monoisotopic (exact) mass is 442 g/mol. The molecule has 0 radical (unpaired) electrons. The Morgan fingerprint density at radius 1 is 1.00 bits per heavy atom. The number of ether oxygens (including phenoxy) is 1. The maximum absolute atomic E-state index is 12.4. The van der Waals surface area contributed by atoms with E-state index < -0.39 is 42.6 Å². The predicted octanol–water partition coefficient (Wildman–Crippen LogP) is 1.23. The second-order valence-electron chi connectivity index (χ2n) is 7.67. The van der Waals surface area contributed by atoms with Crippen LogP contribution in [0.25, 0.3) is 11.1 Å². The Kier molecular flexibility index (Phi) is 7.45. The number of aliphatic hydroxyl groups is 2. The molecule has 1 aliphatic carbocycles. The van der Waals surface area contributed by atoms with Crippen LogP contribution in [0.5, 0.6) is 0 Å². The molecule has 9 heteroatoms. The maximum Gasteiger partial charge on any atom is 0.407 e. The first kappa shape index (κ1) is 23.2. The molecule has 2 amide bonds. The van der Waals surface area contributed by atoms with E-state index in [-0.39, 0.29) is 19.1 Å². The van der Waals surface area contributed by atoms with E-state index >= 15 is 0 Å². The molecule has 9 nitrogen and oxygen atoms in total. The minimum Gasteiger partial charge on any atom is -0.481 e. The highest BCUT2D eigenvalue weighted by Gasteiger charge is 2.30. The van der Waals surface area contributed by atoms with Crippen molar-refractivity contribution in [3.63, 3.8) is 0 Å². The van der Waals surface area contributed by atoms with E-state index in [2.05, 4.69) is 10.6 Å². The van der Waals surface area contributed by atoms with E-state index in [9.17, 15) is 24.6 Å². The lowest BCUT2D eigenvalue weighted by atomic mass is 9.98. The first-order valence-corrected chi connectivity index (χ1v) is 10.2. The molecule has 3 unspecified atom stereocenters. The van der Waals surface area contributed by atoms with Crippen molar-refractivity contribution < 1.29 is 34.4 Å². The molecule has 32 heavy (non-hydrogen) atoms. The topological polar surface area (TPSA) is 145 Å². The second kappa shape index (κ2) is 10.3. The van der Waals surface area contributed by atoms with Crippen LogP contribution < -0.4 is 10.6 Å². The van der Waals surface area contributed by atoms with E-state index in [4.69, 9.17) is 9.84 Å². The number of hydrogen-bond acceptors (Lipinski definition) is 6. The van der Waals surface area contributed by atoms with Gasteiger partial charge in [-0.05, 0) is 29.2 Å². The number of aliphatic hydroxyl groups excluding tert-OH is 2. The van der Waals surface area contributed by atoms with Gasteiger partial charge in [0.05, 0.1) is 18.6 Å². The smallest absolute Gasteiger partial charge is 0.407 e. The van der Waals surface area contributed by atoms with Crippen molar-refractivity contribution in [2.45, 2.75) is 37.5 Å². The Morgan fingerprint density at radius 3 is 2.09 bits per heavy atom. The molecule has 0 aromatic heterocycles. The van der Waals surface area contributed by atoms with Crippen LogP contribution in [0.3, 0.4) is 0 Å². The van der Waals surface area contributed by atoms with Crippen LogP contribution in [0.15, 0.2) is 48.5 Å². The third kappa shape index (κ3) is 5.43. The van der Waals surface area contributed by atoms with Crippen LogP contribution >= 0.6 is 0 Å². The van der Waals surface area contributed by atoms with Crippen LogP contribution in [0.2, 0.25) is 0 Å². The zero-order chi connectivity index (χ0) is 23.3. The average Bonchev–Trinajstić information content (AvgIpc) is 3.08. The number of carboxylic acids is 1. The summed E-state index contributed by atoms with van der Waals surface area (Å²) in [6.07, 6.45) is -3.90. The van der Waals surface area contributed by atoms with Crippen molar-refractivity contribution in [2.75, 3.05) is 13.2 Å². The van der Waals surface area contributed by atoms with Gasteiger partial charge in [0.15, 0.2) is 0 Å². The fourth-order valence-corrected chi connectivity index (χ4v) is 3.67. The van der Waals surface area contributed by atoms with Crippen molar-refractivity contribution >= 4 is 18.0 Å². The van der Waals surface area contributed by atoms with Gasteiger partial charge < -0.3 is 30.7 Å². The van der Waals surface area contributed by atoms with Crippen LogP contribution in [-0.2, 0) is 14.3 Å². The average molecular weight is 442 g/mol. The fraction of sp³-hybridized carbons (Fsp3) is 0.348. The SMILES string of the molecule is CC(O)C(O)CNC(=O)C(CC(=O)O)NC(=O)OCC1c2ccccc2-c2ccccc21. The highest BCUT2D eigenvalue weighted by molar-refractivity contribution is 5.89. The van der Waals surface area contributed by atoms with Gasteiger partial charge in [-0.1, -0.05) is 48.5 Å². The summed E-state index contributed by atoms with van der Waals surface area (Å²) in [6.45, 7) is 1.07. The summed E-state index contributed by atoms with van der Waals surface area (Å²) in [4.78, 5) is 35.8. The maximum atomic E-state index is 12.4. The van der Waals surface area contributed by atoms with E-state index in [1.807, 2.05) is 48.5 Å². The van der Waals surface area contributed by atoms with Crippen molar-refractivity contribution in [2.24, 2.45) is 0 Å². The standard InChI is InChI=1S/C23H26N2O7/c1-13(26)20(27)11-24-22(30)19(10-21(28)29)25-23(31)32-12-18-16-8-4-2-6-14(16)15-7-3-5-9-17(15)18/h2-9,13,18-20,26-27H,10-12H2,1H3,(H,24,30)(H,25,31)(H,28,29). The van der Waals surface area contributed by atoms with Gasteiger partial charge in [-0.2, -0.15) is 0 Å². The van der Waals surface area contributed by atoms with Crippen molar-refractivity contribution in [1.29, 1.82) is 0 Å². The minimum atomic E-state index is -1.40. The zero-order valence-corrected chi connectivity index (χ0v) is 17.5. The van der Waals surface area contributed by atoms with Gasteiger partial charge in [0, 0.05) is 12.5 Å². The van der Waals surface area contributed by atoms with E-state index in [0.717, 1.165) is 22.3 Å². The summed E-state index contributed by atoms with van der Waals surface area (Å²) >= 11 is 0. The van der Waals surface area contributed by atoms with Crippen LogP contribution in [0, 0.1) is 0 Å². The lowest BCUT2D eigenvalue weighted by Gasteiger charge is -2.20. The van der Waals surface area contributed by atoms with Crippen molar-refractivity contribution in [1.82, 2.24) is 10.6 Å². The number of aliphatic carboxylic acids is 1. The summed E-state index contributed by atoms with van der Waals surface area (Å²) < 4.78 is 5.35. The zero-order valence-electron chi connectivity index (χ0n) is 17.5. The molecular weight excluding hydrogens is 416 g/mol. The molecule has 0 aliphatic heterocycles. The fourth-order valence-electron chi connectivity index (χ4n) is 3.67. The molecule has 5 N–H and O–H groups in total. The molecule has 0 spiro atoms. The Labute approximate surface area is 185 Å². The Hall–Kier alpha value is -3.43. The normalized spacial score (nSPS) is 15.1. The number of carbonyl (C=O) groups excluding carboxylic acids is 2. The van der Waals surface area contributed by atoms with Crippen LogP contribution in [0.1, 0.15) is 30.4 Å². The lowest BCUT2D eigenvalue weighted by molar-refractivity contribution is -0.140. The molecule has 170 valence electrons. The number of rotatable bonds is 9. The molecule has 0 saturated carbocycles. The summed E-state index contributed by atoms with van der Waals surface area (Å²) in [5.41, 5.74) is 4.18. The molecule has 3 atom stereocenters.